The third kappa shape index (κ3) is 3.90. The predicted octanol–water partition coefficient (Wildman–Crippen LogP) is 5.65. The maximum absolute atomic E-state index is 13.8. The van der Waals surface area contributed by atoms with E-state index in [-0.39, 0.29) is 11.3 Å². The molecule has 0 aliphatic rings. The van der Waals surface area contributed by atoms with Crippen LogP contribution in [0.1, 0.15) is 31.5 Å². The summed E-state index contributed by atoms with van der Waals surface area (Å²) in [4.78, 5) is 2.90. The fourth-order valence-corrected chi connectivity index (χ4v) is 3.56. The van der Waals surface area contributed by atoms with Gasteiger partial charge in [-0.15, -0.1) is 0 Å². The van der Waals surface area contributed by atoms with E-state index in [0.717, 1.165) is 17.5 Å². The monoisotopic (exact) mass is 397 g/mol. The lowest BCUT2D eigenvalue weighted by Crippen LogP contribution is -2.50. The van der Waals surface area contributed by atoms with E-state index in [2.05, 4.69) is 4.98 Å². The lowest BCUT2D eigenvalue weighted by molar-refractivity contribution is -0.266. The molecular weight excluding hydrogens is 377 g/mol. The molecule has 3 rings (SSSR count). The minimum Gasteiger partial charge on any atom is -0.380 e. The van der Waals surface area contributed by atoms with Gasteiger partial charge in [0.25, 0.3) is 0 Å². The van der Waals surface area contributed by atoms with Crippen LogP contribution >= 0.6 is 0 Å². The van der Waals surface area contributed by atoms with Crippen molar-refractivity contribution in [3.05, 3.63) is 71.4 Å². The lowest BCUT2D eigenvalue weighted by atomic mass is 9.73. The molecule has 28 heavy (non-hydrogen) atoms. The lowest BCUT2D eigenvalue weighted by Gasteiger charge is -2.38. The van der Waals surface area contributed by atoms with Crippen molar-refractivity contribution < 1.29 is 27.1 Å². The molecule has 1 heterocycles. The molecule has 1 aromatic heterocycles. The summed E-state index contributed by atoms with van der Waals surface area (Å²) in [6, 6.07) is 11.6. The first-order chi connectivity index (χ1) is 12.9. The first-order valence-corrected chi connectivity index (χ1v) is 8.73. The fourth-order valence-electron chi connectivity index (χ4n) is 3.56. The van der Waals surface area contributed by atoms with E-state index >= 15 is 0 Å². The van der Waals surface area contributed by atoms with Crippen LogP contribution in [0.3, 0.4) is 0 Å². The Morgan fingerprint density at radius 3 is 2.21 bits per heavy atom. The van der Waals surface area contributed by atoms with E-state index in [0.29, 0.717) is 5.52 Å². The van der Waals surface area contributed by atoms with Gasteiger partial charge in [0.1, 0.15) is 0 Å². The topological polar surface area (TPSA) is 36.0 Å². The summed E-state index contributed by atoms with van der Waals surface area (Å²) in [7, 11) is 0. The number of aliphatic hydroxyl groups is 1. The first-order valence-electron chi connectivity index (χ1n) is 8.73. The second-order valence-corrected chi connectivity index (χ2v) is 7.78. The summed E-state index contributed by atoms with van der Waals surface area (Å²) < 4.78 is 68.3. The van der Waals surface area contributed by atoms with Gasteiger partial charge in [0.2, 0.25) is 0 Å². The highest BCUT2D eigenvalue weighted by Crippen LogP contribution is 2.43. The number of alkyl halides is 3. The Balaban J connectivity index is 1.95. The van der Waals surface area contributed by atoms with Gasteiger partial charge in [-0.2, -0.15) is 13.2 Å². The number of hydrogen-bond acceptors (Lipinski definition) is 1. The Morgan fingerprint density at radius 1 is 0.929 bits per heavy atom. The molecular formula is C21H20F5NO. The molecule has 0 aliphatic heterocycles. The Labute approximate surface area is 159 Å². The van der Waals surface area contributed by atoms with Crippen LogP contribution < -0.4 is 0 Å². The van der Waals surface area contributed by atoms with Gasteiger partial charge in [0.05, 0.1) is 0 Å². The van der Waals surface area contributed by atoms with Crippen LogP contribution in [0.15, 0.2) is 48.5 Å². The van der Waals surface area contributed by atoms with Gasteiger partial charge in [-0.05, 0) is 47.1 Å². The molecule has 1 unspecified atom stereocenters. The number of H-pyrrole nitrogens is 1. The minimum atomic E-state index is -4.92. The smallest absolute Gasteiger partial charge is 0.380 e. The van der Waals surface area contributed by atoms with E-state index in [1.807, 2.05) is 0 Å². The standard InChI is InChI=1S/C21H20F5NO/c1-19(2,14-7-8-16(22)17(23)10-14)12-20(28,21(24,25)26)11-15-9-13-5-3-4-6-18(13)27-15/h3-10,27-28H,11-12H2,1-2H3. The summed E-state index contributed by atoms with van der Waals surface area (Å²) in [6.07, 6.45) is -6.32. The zero-order chi connectivity index (χ0) is 20.7. The van der Waals surface area contributed by atoms with Gasteiger partial charge >= 0.3 is 6.18 Å². The largest absolute Gasteiger partial charge is 0.417 e. The molecule has 2 nitrogen and oxygen atoms in total. The molecule has 0 spiro atoms. The molecule has 0 amide bonds. The van der Waals surface area contributed by atoms with Crippen molar-refractivity contribution in [1.29, 1.82) is 0 Å². The highest BCUT2D eigenvalue weighted by atomic mass is 19.4. The number of aromatic amines is 1. The molecule has 0 bridgehead atoms. The number of nitrogens with one attached hydrogen (secondary N) is 1. The molecule has 0 aliphatic carbocycles. The third-order valence-corrected chi connectivity index (χ3v) is 5.03. The summed E-state index contributed by atoms with van der Waals surface area (Å²) in [5, 5.41) is 11.4. The van der Waals surface area contributed by atoms with Gasteiger partial charge < -0.3 is 10.1 Å². The Bertz CT molecular complexity index is 959. The zero-order valence-electron chi connectivity index (χ0n) is 15.4. The number of para-hydroxylation sites is 1. The van der Waals surface area contributed by atoms with E-state index in [1.165, 1.54) is 19.9 Å². The Kier molecular flexibility index (Phi) is 5.00. The molecule has 0 saturated carbocycles. The zero-order valence-corrected chi connectivity index (χ0v) is 15.4. The molecule has 3 aromatic rings. The number of halogens is 5. The van der Waals surface area contributed by atoms with Crippen LogP contribution in [-0.2, 0) is 11.8 Å². The molecule has 2 N–H and O–H groups in total. The number of hydrogen-bond donors (Lipinski definition) is 2. The van der Waals surface area contributed by atoms with E-state index in [9.17, 15) is 27.1 Å². The summed E-state index contributed by atoms with van der Waals surface area (Å²) in [6.45, 7) is 2.92. The maximum Gasteiger partial charge on any atom is 0.417 e. The molecule has 1 atom stereocenters. The van der Waals surface area contributed by atoms with Crippen LogP contribution in [0.5, 0.6) is 0 Å². The predicted molar refractivity (Wildman–Crippen MR) is 97.0 cm³/mol. The molecule has 0 radical (unpaired) electrons. The third-order valence-electron chi connectivity index (χ3n) is 5.03. The normalized spacial score (nSPS) is 15.0. The molecule has 2 aromatic carbocycles. The Morgan fingerprint density at radius 2 is 1.61 bits per heavy atom. The molecule has 0 fully saturated rings. The van der Waals surface area contributed by atoms with E-state index < -0.39 is 41.7 Å². The number of fused-ring (bicyclic) bond motifs is 1. The Hall–Kier alpha value is -2.41. The number of rotatable bonds is 5. The second kappa shape index (κ2) is 6.88. The van der Waals surface area contributed by atoms with Crippen LogP contribution in [0.2, 0.25) is 0 Å². The van der Waals surface area contributed by atoms with Gasteiger partial charge in [-0.25, -0.2) is 8.78 Å². The van der Waals surface area contributed by atoms with Gasteiger partial charge in [0, 0.05) is 17.6 Å². The summed E-state index contributed by atoms with van der Waals surface area (Å²) in [5.41, 5.74) is -3.23. The van der Waals surface area contributed by atoms with Crippen molar-refractivity contribution >= 4 is 10.9 Å². The highest BCUT2D eigenvalue weighted by molar-refractivity contribution is 5.80. The second-order valence-electron chi connectivity index (χ2n) is 7.78. The van der Waals surface area contributed by atoms with Crippen molar-refractivity contribution in [2.45, 2.75) is 43.9 Å². The van der Waals surface area contributed by atoms with Crippen LogP contribution in [0.25, 0.3) is 10.9 Å². The van der Waals surface area contributed by atoms with Crippen molar-refractivity contribution in [2.24, 2.45) is 0 Å². The van der Waals surface area contributed by atoms with E-state index in [4.69, 9.17) is 0 Å². The number of benzene rings is 2. The number of aromatic nitrogens is 1. The SMILES string of the molecule is CC(C)(CC(O)(Cc1cc2ccccc2[nH]1)C(F)(F)F)c1ccc(F)c(F)c1. The summed E-state index contributed by atoms with van der Waals surface area (Å²) in [5.74, 6) is -2.22. The quantitative estimate of drug-likeness (QED) is 0.536. The minimum absolute atomic E-state index is 0.172. The van der Waals surface area contributed by atoms with Gasteiger partial charge in [-0.1, -0.05) is 38.1 Å². The van der Waals surface area contributed by atoms with Crippen molar-refractivity contribution in [1.82, 2.24) is 4.98 Å². The van der Waals surface area contributed by atoms with Crippen molar-refractivity contribution in [2.75, 3.05) is 0 Å². The van der Waals surface area contributed by atoms with Crippen molar-refractivity contribution in [3.63, 3.8) is 0 Å². The van der Waals surface area contributed by atoms with Gasteiger partial charge in [-0.3, -0.25) is 0 Å². The molecule has 150 valence electrons. The van der Waals surface area contributed by atoms with Crippen molar-refractivity contribution in [3.8, 4) is 0 Å². The van der Waals surface area contributed by atoms with Crippen LogP contribution in [0.4, 0.5) is 22.0 Å². The average molecular weight is 397 g/mol. The molecule has 0 saturated heterocycles. The average Bonchev–Trinajstić information content (AvgIpc) is 2.97. The van der Waals surface area contributed by atoms with Crippen LogP contribution in [-0.4, -0.2) is 21.9 Å². The van der Waals surface area contributed by atoms with Crippen LogP contribution in [0, 0.1) is 11.6 Å². The molecule has 7 heteroatoms. The van der Waals surface area contributed by atoms with E-state index in [1.54, 1.807) is 30.3 Å². The highest BCUT2D eigenvalue weighted by Gasteiger charge is 2.56. The first kappa shape index (κ1) is 20.3. The fraction of sp³-hybridized carbons (Fsp3) is 0.333. The maximum atomic E-state index is 13.8. The van der Waals surface area contributed by atoms with Gasteiger partial charge in [0.15, 0.2) is 17.2 Å². The summed E-state index contributed by atoms with van der Waals surface area (Å²) >= 11 is 0.